The molecular weight excluding hydrogens is 240 g/mol. The van der Waals surface area contributed by atoms with E-state index >= 15 is 0 Å². The molecule has 3 nitrogen and oxygen atoms in total. The topological polar surface area (TPSA) is 34.2 Å². The number of nitrogens with zero attached hydrogens (tertiary/aromatic N) is 1. The molecule has 7 heteroatoms. The molecule has 96 valence electrons. The first-order valence-electron chi connectivity index (χ1n) is 4.84. The van der Waals surface area contributed by atoms with E-state index in [1.807, 2.05) is 0 Å². The van der Waals surface area contributed by atoms with Gasteiger partial charge in [0, 0.05) is 18.8 Å². The SMILES string of the molecule is CNCc1ccnc(OCC(F)(F)C(F)F)c1. The number of hydrogen-bond acceptors (Lipinski definition) is 3. The fourth-order valence-electron chi connectivity index (χ4n) is 1.08. The van der Waals surface area contributed by atoms with Crippen LogP contribution in [0.15, 0.2) is 18.3 Å². The van der Waals surface area contributed by atoms with Crippen LogP contribution >= 0.6 is 0 Å². The zero-order valence-corrected chi connectivity index (χ0v) is 9.09. The summed E-state index contributed by atoms with van der Waals surface area (Å²) in [6.45, 7) is -0.884. The van der Waals surface area contributed by atoms with Crippen molar-refractivity contribution in [2.75, 3.05) is 13.7 Å². The Bertz CT molecular complexity index is 360. The minimum absolute atomic E-state index is 0.0990. The van der Waals surface area contributed by atoms with Gasteiger partial charge >= 0.3 is 12.3 Å². The summed E-state index contributed by atoms with van der Waals surface area (Å²) in [5.41, 5.74) is 0.762. The van der Waals surface area contributed by atoms with Crippen LogP contribution in [0.1, 0.15) is 5.56 Å². The van der Waals surface area contributed by atoms with E-state index in [1.54, 1.807) is 13.1 Å². The monoisotopic (exact) mass is 252 g/mol. The van der Waals surface area contributed by atoms with Gasteiger partial charge in [0.1, 0.15) is 0 Å². The standard InChI is InChI=1S/C10H12F4N2O/c1-15-5-7-2-3-16-8(4-7)17-6-10(13,14)9(11)12/h2-4,9,15H,5-6H2,1H3. The van der Waals surface area contributed by atoms with E-state index in [2.05, 4.69) is 15.0 Å². The fourth-order valence-corrected chi connectivity index (χ4v) is 1.08. The third-order valence-corrected chi connectivity index (χ3v) is 1.91. The van der Waals surface area contributed by atoms with Crippen LogP contribution in [0.4, 0.5) is 17.6 Å². The molecule has 0 unspecified atom stereocenters. The molecule has 1 aromatic rings. The Morgan fingerprint density at radius 1 is 1.47 bits per heavy atom. The van der Waals surface area contributed by atoms with E-state index in [0.29, 0.717) is 6.54 Å². The molecule has 1 rings (SSSR count). The minimum Gasteiger partial charge on any atom is -0.471 e. The summed E-state index contributed by atoms with van der Waals surface area (Å²) in [7, 11) is 1.71. The highest BCUT2D eigenvalue weighted by Gasteiger charge is 2.41. The second-order valence-corrected chi connectivity index (χ2v) is 3.38. The van der Waals surface area contributed by atoms with Crippen LogP contribution in [-0.2, 0) is 6.54 Å². The summed E-state index contributed by atoms with van der Waals surface area (Å²) in [6, 6.07) is 3.08. The highest BCUT2D eigenvalue weighted by Crippen LogP contribution is 2.23. The van der Waals surface area contributed by atoms with Crippen molar-refractivity contribution in [2.24, 2.45) is 0 Å². The second-order valence-electron chi connectivity index (χ2n) is 3.38. The van der Waals surface area contributed by atoms with Crippen molar-refractivity contribution in [3.05, 3.63) is 23.9 Å². The van der Waals surface area contributed by atoms with Gasteiger partial charge in [0.25, 0.3) is 0 Å². The van der Waals surface area contributed by atoms with Crippen molar-refractivity contribution >= 4 is 0 Å². The number of alkyl halides is 4. The third kappa shape index (κ3) is 4.18. The molecule has 0 spiro atoms. The Balaban J connectivity index is 2.60. The quantitative estimate of drug-likeness (QED) is 0.787. The van der Waals surface area contributed by atoms with Crippen LogP contribution in [0.2, 0.25) is 0 Å². The van der Waals surface area contributed by atoms with Gasteiger partial charge in [-0.3, -0.25) is 0 Å². The first-order chi connectivity index (χ1) is 7.95. The number of ether oxygens (including phenoxy) is 1. The average molecular weight is 252 g/mol. The maximum Gasteiger partial charge on any atom is 0.340 e. The maximum atomic E-state index is 12.6. The number of rotatable bonds is 6. The molecule has 0 atom stereocenters. The molecule has 0 fully saturated rings. The number of nitrogens with one attached hydrogen (secondary N) is 1. The molecule has 0 saturated carbocycles. The molecule has 1 N–H and O–H groups in total. The van der Waals surface area contributed by atoms with Gasteiger partial charge in [0.15, 0.2) is 6.61 Å². The lowest BCUT2D eigenvalue weighted by Crippen LogP contribution is -2.33. The molecule has 0 aromatic carbocycles. The molecule has 1 heterocycles. The lowest BCUT2D eigenvalue weighted by molar-refractivity contribution is -0.148. The first kappa shape index (κ1) is 13.7. The fraction of sp³-hybridized carbons (Fsp3) is 0.500. The van der Waals surface area contributed by atoms with E-state index < -0.39 is 19.0 Å². The summed E-state index contributed by atoms with van der Waals surface area (Å²) >= 11 is 0. The molecule has 1 aromatic heterocycles. The highest BCUT2D eigenvalue weighted by atomic mass is 19.3. The molecule has 0 aliphatic carbocycles. The van der Waals surface area contributed by atoms with Gasteiger partial charge in [0.2, 0.25) is 5.88 Å². The molecule has 0 saturated heterocycles. The number of pyridine rings is 1. The van der Waals surface area contributed by atoms with Crippen molar-refractivity contribution in [2.45, 2.75) is 18.9 Å². The average Bonchev–Trinajstić information content (AvgIpc) is 2.27. The Labute approximate surface area is 95.8 Å². The summed E-state index contributed by atoms with van der Waals surface area (Å²) in [6.07, 6.45) is -2.38. The Hall–Kier alpha value is -1.37. The first-order valence-corrected chi connectivity index (χ1v) is 4.84. The molecular formula is C10H12F4N2O. The summed E-state index contributed by atoms with van der Waals surface area (Å²) in [5.74, 6) is -4.26. The lowest BCUT2D eigenvalue weighted by atomic mass is 10.2. The lowest BCUT2D eigenvalue weighted by Gasteiger charge is -2.15. The van der Waals surface area contributed by atoms with Crippen molar-refractivity contribution < 1.29 is 22.3 Å². The van der Waals surface area contributed by atoms with Crippen molar-refractivity contribution in [1.29, 1.82) is 0 Å². The Morgan fingerprint density at radius 2 is 2.18 bits per heavy atom. The molecule has 0 radical (unpaired) electrons. The van der Waals surface area contributed by atoms with Gasteiger partial charge in [-0.1, -0.05) is 0 Å². The van der Waals surface area contributed by atoms with Crippen LogP contribution in [0.5, 0.6) is 5.88 Å². The predicted octanol–water partition coefficient (Wildman–Crippen LogP) is 2.08. The van der Waals surface area contributed by atoms with Gasteiger partial charge in [-0.15, -0.1) is 0 Å². The molecule has 0 aliphatic rings. The third-order valence-electron chi connectivity index (χ3n) is 1.91. The van der Waals surface area contributed by atoms with Crippen LogP contribution in [-0.4, -0.2) is 31.0 Å². The minimum atomic E-state index is -4.17. The summed E-state index contributed by atoms with van der Waals surface area (Å²) in [4.78, 5) is 3.66. The van der Waals surface area contributed by atoms with Crippen LogP contribution in [0.25, 0.3) is 0 Å². The van der Waals surface area contributed by atoms with Gasteiger partial charge in [-0.05, 0) is 18.7 Å². The van der Waals surface area contributed by atoms with Gasteiger partial charge in [-0.25, -0.2) is 13.8 Å². The Kier molecular flexibility index (Phi) is 4.68. The summed E-state index contributed by atoms with van der Waals surface area (Å²) < 4.78 is 53.4. The normalized spacial score (nSPS) is 11.9. The van der Waals surface area contributed by atoms with E-state index in [0.717, 1.165) is 5.56 Å². The maximum absolute atomic E-state index is 12.6. The zero-order chi connectivity index (χ0) is 12.9. The van der Waals surface area contributed by atoms with Crippen LogP contribution < -0.4 is 10.1 Å². The van der Waals surface area contributed by atoms with Crippen molar-refractivity contribution in [1.82, 2.24) is 10.3 Å². The number of aromatic nitrogens is 1. The van der Waals surface area contributed by atoms with E-state index in [-0.39, 0.29) is 5.88 Å². The smallest absolute Gasteiger partial charge is 0.340 e. The van der Waals surface area contributed by atoms with Gasteiger partial charge in [0.05, 0.1) is 0 Å². The molecule has 0 bridgehead atoms. The van der Waals surface area contributed by atoms with E-state index in [4.69, 9.17) is 0 Å². The largest absolute Gasteiger partial charge is 0.471 e. The van der Waals surface area contributed by atoms with Gasteiger partial charge < -0.3 is 10.1 Å². The Morgan fingerprint density at radius 3 is 2.76 bits per heavy atom. The van der Waals surface area contributed by atoms with E-state index in [1.165, 1.54) is 12.3 Å². The van der Waals surface area contributed by atoms with E-state index in [9.17, 15) is 17.6 Å². The van der Waals surface area contributed by atoms with Gasteiger partial charge in [-0.2, -0.15) is 8.78 Å². The van der Waals surface area contributed by atoms with Crippen LogP contribution in [0.3, 0.4) is 0 Å². The zero-order valence-electron chi connectivity index (χ0n) is 9.09. The predicted molar refractivity (Wildman–Crippen MR) is 53.4 cm³/mol. The van der Waals surface area contributed by atoms with Crippen molar-refractivity contribution in [3.63, 3.8) is 0 Å². The molecule has 0 aliphatic heterocycles. The number of hydrogen-bond donors (Lipinski definition) is 1. The highest BCUT2D eigenvalue weighted by molar-refractivity contribution is 5.20. The number of halogens is 4. The summed E-state index contributed by atoms with van der Waals surface area (Å²) in [5, 5.41) is 2.85. The van der Waals surface area contributed by atoms with Crippen LogP contribution in [0, 0.1) is 0 Å². The molecule has 0 amide bonds. The van der Waals surface area contributed by atoms with Crippen molar-refractivity contribution in [3.8, 4) is 5.88 Å². The second kappa shape index (κ2) is 5.81. The molecule has 17 heavy (non-hydrogen) atoms.